The van der Waals surface area contributed by atoms with Gasteiger partial charge in [-0.1, -0.05) is 23.2 Å². The van der Waals surface area contributed by atoms with Crippen molar-refractivity contribution in [2.45, 2.75) is 26.1 Å². The van der Waals surface area contributed by atoms with Crippen molar-refractivity contribution in [3.63, 3.8) is 0 Å². The summed E-state index contributed by atoms with van der Waals surface area (Å²) >= 11 is 12.3. The minimum Gasteiger partial charge on any atom is -0.507 e. The highest BCUT2D eigenvalue weighted by molar-refractivity contribution is 6.32. The lowest BCUT2D eigenvalue weighted by atomic mass is 9.87. The molecular formula is C22H18Cl2O7. The molecule has 162 valence electrons. The Kier molecular flexibility index (Phi) is 5.39. The number of aliphatic hydroxyl groups excluding tert-OH is 3. The van der Waals surface area contributed by atoms with Crippen LogP contribution in [0, 0.1) is 13.8 Å². The summed E-state index contributed by atoms with van der Waals surface area (Å²) in [6, 6.07) is 5.94. The quantitative estimate of drug-likeness (QED) is 0.429. The minimum atomic E-state index is -1.69. The molecule has 4 N–H and O–H groups in total. The minimum absolute atomic E-state index is 0.107. The zero-order chi connectivity index (χ0) is 22.6. The van der Waals surface area contributed by atoms with Crippen molar-refractivity contribution >= 4 is 39.9 Å². The van der Waals surface area contributed by atoms with Gasteiger partial charge in [0.15, 0.2) is 0 Å². The lowest BCUT2D eigenvalue weighted by molar-refractivity contribution is 0.00274. The molecule has 31 heavy (non-hydrogen) atoms. The smallest absolute Gasteiger partial charge is 0.343 e. The first-order valence-corrected chi connectivity index (χ1v) is 10.0. The third-order valence-corrected chi connectivity index (χ3v) is 6.21. The van der Waals surface area contributed by atoms with Crippen LogP contribution >= 0.6 is 23.2 Å². The molecule has 7 nitrogen and oxygen atoms in total. The van der Waals surface area contributed by atoms with Gasteiger partial charge in [-0.25, -0.2) is 4.79 Å². The third kappa shape index (κ3) is 3.43. The first-order valence-electron chi connectivity index (χ1n) is 9.29. The molecular weight excluding hydrogens is 447 g/mol. The molecule has 0 spiro atoms. The molecule has 0 bridgehead atoms. The second-order valence-electron chi connectivity index (χ2n) is 7.36. The van der Waals surface area contributed by atoms with Gasteiger partial charge in [-0.2, -0.15) is 0 Å². The average molecular weight is 465 g/mol. The van der Waals surface area contributed by atoms with Crippen LogP contribution in [-0.2, 0) is 0 Å². The lowest BCUT2D eigenvalue weighted by Crippen LogP contribution is -2.31. The fraction of sp³-hybridized carbons (Fsp3) is 0.227. The van der Waals surface area contributed by atoms with E-state index in [-0.39, 0.29) is 33.4 Å². The van der Waals surface area contributed by atoms with Gasteiger partial charge in [0.05, 0.1) is 28.7 Å². The summed E-state index contributed by atoms with van der Waals surface area (Å²) in [5, 5.41) is 43.2. The van der Waals surface area contributed by atoms with Gasteiger partial charge in [-0.3, -0.25) is 0 Å². The van der Waals surface area contributed by atoms with E-state index in [0.717, 1.165) is 0 Å². The Morgan fingerprint density at radius 2 is 1.71 bits per heavy atom. The van der Waals surface area contributed by atoms with E-state index in [9.17, 15) is 25.2 Å². The normalized spacial score (nSPS) is 16.9. The highest BCUT2D eigenvalue weighted by Gasteiger charge is 2.37. The number of aromatic hydroxyl groups is 1. The van der Waals surface area contributed by atoms with E-state index < -0.39 is 35.9 Å². The predicted octanol–water partition coefficient (Wildman–Crippen LogP) is 4.18. The van der Waals surface area contributed by atoms with E-state index in [1.807, 2.05) is 0 Å². The predicted molar refractivity (Wildman–Crippen MR) is 116 cm³/mol. The summed E-state index contributed by atoms with van der Waals surface area (Å²) in [4.78, 5) is 12.7. The Bertz CT molecular complexity index is 1310. The van der Waals surface area contributed by atoms with Crippen molar-refractivity contribution in [2.75, 3.05) is 6.61 Å². The lowest BCUT2D eigenvalue weighted by Gasteiger charge is -2.30. The van der Waals surface area contributed by atoms with Crippen LogP contribution in [-0.4, -0.2) is 33.3 Å². The number of hydrogen-bond acceptors (Lipinski definition) is 7. The molecule has 4 rings (SSSR count). The molecule has 9 heteroatoms. The summed E-state index contributed by atoms with van der Waals surface area (Å²) in [7, 11) is 0. The summed E-state index contributed by atoms with van der Waals surface area (Å²) < 4.78 is 10.8. The van der Waals surface area contributed by atoms with Gasteiger partial charge < -0.3 is 29.6 Å². The molecule has 3 aromatic rings. The van der Waals surface area contributed by atoms with Crippen LogP contribution in [0.15, 0.2) is 39.1 Å². The Hall–Kier alpha value is -2.71. The summed E-state index contributed by atoms with van der Waals surface area (Å²) in [6.07, 6.45) is -1.69. The number of aryl methyl sites for hydroxylation is 2. The molecule has 2 atom stereocenters. The van der Waals surface area contributed by atoms with E-state index in [4.69, 9.17) is 32.4 Å². The maximum Gasteiger partial charge on any atom is 0.343 e. The van der Waals surface area contributed by atoms with Crippen molar-refractivity contribution in [1.29, 1.82) is 0 Å². The standard InChI is InChI=1S/C22H18Cl2O7/c1-8-3-15-10(5-13(8)23)19(26)17(21(28)30-15)12(7-25)18-20(27)11-6-14(24)9(2)4-16(11)31-22(18)29/h3-6,12,21,25-28H,7H2,1-2H3. The molecule has 2 unspecified atom stereocenters. The van der Waals surface area contributed by atoms with Crippen LogP contribution in [0.4, 0.5) is 0 Å². The molecule has 2 aromatic carbocycles. The van der Waals surface area contributed by atoms with Crippen LogP contribution in [0.3, 0.4) is 0 Å². The summed E-state index contributed by atoms with van der Waals surface area (Å²) in [5.41, 5.74) is 0.0987. The van der Waals surface area contributed by atoms with Gasteiger partial charge in [0.25, 0.3) is 0 Å². The largest absolute Gasteiger partial charge is 0.507 e. The topological polar surface area (TPSA) is 120 Å². The van der Waals surface area contributed by atoms with Gasteiger partial charge in [0, 0.05) is 16.0 Å². The molecule has 0 saturated carbocycles. The third-order valence-electron chi connectivity index (χ3n) is 5.39. The fourth-order valence-corrected chi connectivity index (χ4v) is 4.03. The number of hydrogen-bond donors (Lipinski definition) is 4. The van der Waals surface area contributed by atoms with E-state index in [1.165, 1.54) is 18.2 Å². The van der Waals surface area contributed by atoms with Gasteiger partial charge >= 0.3 is 5.63 Å². The van der Waals surface area contributed by atoms with Crippen molar-refractivity contribution in [2.24, 2.45) is 0 Å². The molecule has 0 radical (unpaired) electrons. The van der Waals surface area contributed by atoms with Crippen molar-refractivity contribution in [1.82, 2.24) is 0 Å². The number of ether oxygens (including phenoxy) is 1. The van der Waals surface area contributed by atoms with E-state index in [1.54, 1.807) is 19.9 Å². The second-order valence-corrected chi connectivity index (χ2v) is 8.17. The van der Waals surface area contributed by atoms with E-state index in [2.05, 4.69) is 0 Å². The van der Waals surface area contributed by atoms with Gasteiger partial charge in [-0.05, 0) is 49.2 Å². The number of benzene rings is 2. The maximum atomic E-state index is 12.7. The molecule has 1 aromatic heterocycles. The number of aliphatic hydroxyl groups is 3. The molecule has 0 fully saturated rings. The van der Waals surface area contributed by atoms with Gasteiger partial charge in [0.1, 0.15) is 22.8 Å². The summed E-state index contributed by atoms with van der Waals surface area (Å²) in [6.45, 7) is 2.71. The number of fused-ring (bicyclic) bond motifs is 2. The number of rotatable bonds is 3. The Morgan fingerprint density at radius 3 is 2.39 bits per heavy atom. The molecule has 1 aliphatic rings. The zero-order valence-electron chi connectivity index (χ0n) is 16.4. The van der Waals surface area contributed by atoms with Gasteiger partial charge in [0.2, 0.25) is 6.29 Å². The molecule has 0 amide bonds. The second kappa shape index (κ2) is 7.76. The van der Waals surface area contributed by atoms with Crippen LogP contribution in [0.1, 0.15) is 28.2 Å². The highest BCUT2D eigenvalue weighted by atomic mass is 35.5. The van der Waals surface area contributed by atoms with Gasteiger partial charge in [-0.15, -0.1) is 0 Å². The number of halogens is 2. The zero-order valence-corrected chi connectivity index (χ0v) is 18.0. The molecule has 1 aliphatic heterocycles. The summed E-state index contributed by atoms with van der Waals surface area (Å²) in [5.74, 6) is -2.05. The Balaban J connectivity index is 1.97. The van der Waals surface area contributed by atoms with Crippen LogP contribution < -0.4 is 10.4 Å². The Labute approximate surface area is 186 Å². The average Bonchev–Trinajstić information content (AvgIpc) is 2.70. The van der Waals surface area contributed by atoms with Crippen LogP contribution in [0.2, 0.25) is 10.0 Å². The van der Waals surface area contributed by atoms with E-state index >= 15 is 0 Å². The van der Waals surface area contributed by atoms with Crippen LogP contribution in [0.5, 0.6) is 11.5 Å². The van der Waals surface area contributed by atoms with Crippen LogP contribution in [0.25, 0.3) is 16.7 Å². The molecule has 2 heterocycles. The van der Waals surface area contributed by atoms with E-state index in [0.29, 0.717) is 21.2 Å². The molecule has 0 aliphatic carbocycles. The first-order chi connectivity index (χ1) is 14.6. The maximum absolute atomic E-state index is 12.7. The molecule has 0 saturated heterocycles. The Morgan fingerprint density at radius 1 is 1.06 bits per heavy atom. The van der Waals surface area contributed by atoms with Crippen molar-refractivity contribution in [3.05, 3.63) is 72.6 Å². The van der Waals surface area contributed by atoms with Crippen molar-refractivity contribution < 1.29 is 29.6 Å². The first kappa shape index (κ1) is 21.5. The SMILES string of the molecule is Cc1cc2c(cc1Cl)C(O)=C(C(CO)c1c(O)c3cc(Cl)c(C)cc3oc1=O)C(O)O2. The highest BCUT2D eigenvalue weighted by Crippen LogP contribution is 2.44. The van der Waals surface area contributed by atoms with Crippen molar-refractivity contribution in [3.8, 4) is 11.5 Å². The monoisotopic (exact) mass is 464 g/mol. The fourth-order valence-electron chi connectivity index (χ4n) is 3.70.